The molecule has 4 atom stereocenters. The molecule has 2 nitrogen and oxygen atoms in total. The average Bonchev–Trinajstić information content (AvgIpc) is 2.95. The van der Waals surface area contributed by atoms with Gasteiger partial charge >= 0.3 is 0 Å². The zero-order valence-corrected chi connectivity index (χ0v) is 14.4. The highest BCUT2D eigenvalue weighted by atomic mass is 15.2. The Morgan fingerprint density at radius 3 is 2.30 bits per heavy atom. The summed E-state index contributed by atoms with van der Waals surface area (Å²) in [5, 5.41) is 3.66. The van der Waals surface area contributed by atoms with Gasteiger partial charge in [0.2, 0.25) is 0 Å². The van der Waals surface area contributed by atoms with Gasteiger partial charge in [-0.25, -0.2) is 0 Å². The fourth-order valence-corrected chi connectivity index (χ4v) is 4.53. The summed E-state index contributed by atoms with van der Waals surface area (Å²) < 4.78 is 0. The molecule has 0 aliphatic heterocycles. The molecule has 0 aromatic carbocycles. The van der Waals surface area contributed by atoms with Gasteiger partial charge < -0.3 is 10.2 Å². The van der Waals surface area contributed by atoms with Crippen molar-refractivity contribution in [3.05, 3.63) is 0 Å². The largest absolute Gasteiger partial charge is 0.315 e. The maximum absolute atomic E-state index is 3.66. The molecule has 0 amide bonds. The summed E-state index contributed by atoms with van der Waals surface area (Å²) in [6.45, 7) is 12.9. The van der Waals surface area contributed by atoms with Crippen LogP contribution in [0, 0.1) is 29.6 Å². The van der Waals surface area contributed by atoms with Crippen molar-refractivity contribution in [2.75, 3.05) is 26.7 Å². The first kappa shape index (κ1) is 16.3. The van der Waals surface area contributed by atoms with Gasteiger partial charge in [0.05, 0.1) is 0 Å². The van der Waals surface area contributed by atoms with Crippen molar-refractivity contribution in [2.24, 2.45) is 29.6 Å². The van der Waals surface area contributed by atoms with Gasteiger partial charge in [-0.1, -0.05) is 34.1 Å². The minimum atomic E-state index is 0.688. The summed E-state index contributed by atoms with van der Waals surface area (Å²) >= 11 is 0. The first-order valence-corrected chi connectivity index (χ1v) is 8.88. The highest BCUT2D eigenvalue weighted by Crippen LogP contribution is 2.48. The van der Waals surface area contributed by atoms with Gasteiger partial charge in [0.15, 0.2) is 0 Å². The lowest BCUT2D eigenvalue weighted by Gasteiger charge is -2.35. The third kappa shape index (κ3) is 4.21. The van der Waals surface area contributed by atoms with Gasteiger partial charge in [-0.2, -0.15) is 0 Å². The molecule has 0 aromatic heterocycles. The lowest BCUT2D eigenvalue weighted by Crippen LogP contribution is -2.46. The Hall–Kier alpha value is -0.0800. The van der Waals surface area contributed by atoms with Crippen LogP contribution in [0.25, 0.3) is 0 Å². The molecule has 2 saturated carbocycles. The van der Waals surface area contributed by atoms with Crippen molar-refractivity contribution in [1.29, 1.82) is 0 Å². The number of nitrogens with one attached hydrogen (secondary N) is 1. The van der Waals surface area contributed by atoms with Gasteiger partial charge in [-0.3, -0.25) is 0 Å². The fraction of sp³-hybridized carbons (Fsp3) is 1.00. The number of hydrogen-bond acceptors (Lipinski definition) is 2. The van der Waals surface area contributed by atoms with E-state index in [1.807, 2.05) is 0 Å². The number of fused-ring (bicyclic) bond motifs is 2. The Balaban J connectivity index is 1.79. The van der Waals surface area contributed by atoms with Crippen molar-refractivity contribution in [3.8, 4) is 0 Å². The molecular formula is C18H36N2. The van der Waals surface area contributed by atoms with Crippen LogP contribution in [-0.4, -0.2) is 37.6 Å². The Morgan fingerprint density at radius 1 is 1.05 bits per heavy atom. The second kappa shape index (κ2) is 7.26. The van der Waals surface area contributed by atoms with Crippen molar-refractivity contribution < 1.29 is 0 Å². The van der Waals surface area contributed by atoms with E-state index in [-0.39, 0.29) is 0 Å². The Bertz CT molecular complexity index is 287. The molecule has 0 spiro atoms. The number of nitrogens with zero attached hydrogens (tertiary/aromatic N) is 1. The van der Waals surface area contributed by atoms with Gasteiger partial charge in [0, 0.05) is 19.1 Å². The molecule has 0 radical (unpaired) electrons. The van der Waals surface area contributed by atoms with E-state index in [9.17, 15) is 0 Å². The summed E-state index contributed by atoms with van der Waals surface area (Å²) in [5.41, 5.74) is 0. The van der Waals surface area contributed by atoms with E-state index in [1.165, 1.54) is 32.2 Å². The van der Waals surface area contributed by atoms with Gasteiger partial charge in [0.1, 0.15) is 0 Å². The van der Waals surface area contributed by atoms with Gasteiger partial charge in [-0.15, -0.1) is 0 Å². The fourth-order valence-electron chi connectivity index (χ4n) is 4.53. The molecule has 2 aliphatic carbocycles. The average molecular weight is 280 g/mol. The summed E-state index contributed by atoms with van der Waals surface area (Å²) in [5.74, 6) is 4.61. The maximum Gasteiger partial charge on any atom is 0.0240 e. The van der Waals surface area contributed by atoms with Crippen LogP contribution >= 0.6 is 0 Å². The third-order valence-electron chi connectivity index (χ3n) is 5.65. The van der Waals surface area contributed by atoms with E-state index < -0.39 is 0 Å². The Labute approximate surface area is 126 Å². The Kier molecular flexibility index (Phi) is 5.92. The molecule has 0 heterocycles. The van der Waals surface area contributed by atoms with Crippen molar-refractivity contribution in [1.82, 2.24) is 10.2 Å². The van der Waals surface area contributed by atoms with E-state index in [1.54, 1.807) is 0 Å². The predicted octanol–water partition coefficient (Wildman–Crippen LogP) is 3.62. The molecule has 4 unspecified atom stereocenters. The number of rotatable bonds is 8. The number of hydrogen-bond donors (Lipinski definition) is 1. The molecule has 2 fully saturated rings. The molecule has 0 saturated heterocycles. The summed E-state index contributed by atoms with van der Waals surface area (Å²) in [6.07, 6.45) is 6.09. The Morgan fingerprint density at radius 2 is 1.80 bits per heavy atom. The summed E-state index contributed by atoms with van der Waals surface area (Å²) in [7, 11) is 2.35. The van der Waals surface area contributed by atoms with Crippen LogP contribution in [-0.2, 0) is 0 Å². The molecule has 118 valence electrons. The smallest absolute Gasteiger partial charge is 0.0240 e. The monoisotopic (exact) mass is 280 g/mol. The van der Waals surface area contributed by atoms with Crippen LogP contribution < -0.4 is 5.32 Å². The molecule has 2 bridgehead atoms. The molecule has 2 aliphatic rings. The molecule has 0 aromatic rings. The highest BCUT2D eigenvalue weighted by Gasteiger charge is 2.40. The summed E-state index contributed by atoms with van der Waals surface area (Å²) in [6, 6.07) is 0.688. The normalized spacial score (nSPS) is 30.9. The topological polar surface area (TPSA) is 15.3 Å². The zero-order valence-electron chi connectivity index (χ0n) is 14.4. The van der Waals surface area contributed by atoms with E-state index in [0.717, 1.165) is 42.7 Å². The van der Waals surface area contributed by atoms with E-state index in [4.69, 9.17) is 0 Å². The summed E-state index contributed by atoms with van der Waals surface area (Å²) in [4.78, 5) is 2.66. The predicted molar refractivity (Wildman–Crippen MR) is 87.9 cm³/mol. The quantitative estimate of drug-likeness (QED) is 0.730. The molecule has 2 heteroatoms. The van der Waals surface area contributed by atoms with Crippen molar-refractivity contribution >= 4 is 0 Å². The molecule has 2 rings (SSSR count). The first-order chi connectivity index (χ1) is 9.47. The second-order valence-electron chi connectivity index (χ2n) is 8.24. The van der Waals surface area contributed by atoms with Crippen LogP contribution in [0.2, 0.25) is 0 Å². The molecule has 20 heavy (non-hydrogen) atoms. The highest BCUT2D eigenvalue weighted by molar-refractivity contribution is 4.92. The van der Waals surface area contributed by atoms with E-state index in [2.05, 4.69) is 45.0 Å². The van der Waals surface area contributed by atoms with Crippen LogP contribution in [0.15, 0.2) is 0 Å². The van der Waals surface area contributed by atoms with E-state index in [0.29, 0.717) is 6.04 Å². The van der Waals surface area contributed by atoms with E-state index >= 15 is 0 Å². The SMILES string of the molecule is CC(C)CNCC(C(C)C)N(C)CC1CC2CCC1C2. The number of likely N-dealkylation sites (N-methyl/N-ethyl adjacent to an activating group) is 1. The zero-order chi connectivity index (χ0) is 14.7. The lowest BCUT2D eigenvalue weighted by atomic mass is 9.88. The third-order valence-corrected chi connectivity index (χ3v) is 5.65. The first-order valence-electron chi connectivity index (χ1n) is 8.88. The minimum Gasteiger partial charge on any atom is -0.315 e. The van der Waals surface area contributed by atoms with Crippen LogP contribution in [0.3, 0.4) is 0 Å². The van der Waals surface area contributed by atoms with Gasteiger partial charge in [-0.05, 0) is 62.4 Å². The second-order valence-corrected chi connectivity index (χ2v) is 8.24. The van der Waals surface area contributed by atoms with Crippen LogP contribution in [0.1, 0.15) is 53.4 Å². The van der Waals surface area contributed by atoms with Crippen molar-refractivity contribution in [2.45, 2.75) is 59.4 Å². The molecular weight excluding hydrogens is 244 g/mol. The van der Waals surface area contributed by atoms with Crippen LogP contribution in [0.4, 0.5) is 0 Å². The lowest BCUT2D eigenvalue weighted by molar-refractivity contribution is 0.139. The van der Waals surface area contributed by atoms with Crippen molar-refractivity contribution in [3.63, 3.8) is 0 Å². The maximum atomic E-state index is 3.66. The standard InChI is InChI=1S/C18H36N2/c1-13(2)10-19-11-18(14(3)4)20(5)12-17-9-15-6-7-16(17)8-15/h13-19H,6-12H2,1-5H3. The molecule has 1 N–H and O–H groups in total. The van der Waals surface area contributed by atoms with Gasteiger partial charge in [0.25, 0.3) is 0 Å². The minimum absolute atomic E-state index is 0.688. The van der Waals surface area contributed by atoms with Crippen LogP contribution in [0.5, 0.6) is 0 Å².